The molecule has 6 heteroatoms. The number of hydrogen-bond donors (Lipinski definition) is 2. The Kier molecular flexibility index (Phi) is 3.55. The summed E-state index contributed by atoms with van der Waals surface area (Å²) in [5.41, 5.74) is 1.43. The summed E-state index contributed by atoms with van der Waals surface area (Å²) < 4.78 is 1.09. The van der Waals surface area contributed by atoms with E-state index in [-0.39, 0.29) is 11.8 Å². The fourth-order valence-electron chi connectivity index (χ4n) is 2.45. The van der Waals surface area contributed by atoms with Gasteiger partial charge in [0, 0.05) is 15.3 Å². The fraction of sp³-hybridized carbons (Fsp3) is 0.0588. The van der Waals surface area contributed by atoms with E-state index in [2.05, 4.69) is 10.6 Å². The average molecular weight is 340 g/mol. The van der Waals surface area contributed by atoms with Crippen LogP contribution in [0.3, 0.4) is 0 Å². The molecule has 2 N–H and O–H groups in total. The molecule has 0 saturated carbocycles. The van der Waals surface area contributed by atoms with Crippen LogP contribution in [0.25, 0.3) is 10.1 Å². The molecule has 3 aromatic rings. The molecule has 0 atom stereocenters. The Morgan fingerprint density at radius 3 is 2.87 bits per heavy atom. The van der Waals surface area contributed by atoms with Gasteiger partial charge >= 0.3 is 0 Å². The predicted molar refractivity (Wildman–Crippen MR) is 95.6 cm³/mol. The van der Waals surface area contributed by atoms with E-state index < -0.39 is 0 Å². The SMILES string of the molecule is O=C1CSc2ccc(NC(=O)c3cc4ccccc4s3)cc2N1. The lowest BCUT2D eigenvalue weighted by Crippen LogP contribution is -2.19. The van der Waals surface area contributed by atoms with Crippen LogP contribution >= 0.6 is 23.1 Å². The highest BCUT2D eigenvalue weighted by molar-refractivity contribution is 8.00. The molecule has 0 radical (unpaired) electrons. The second kappa shape index (κ2) is 5.72. The first-order valence-corrected chi connectivity index (χ1v) is 8.86. The largest absolute Gasteiger partial charge is 0.324 e. The Labute approximate surface area is 140 Å². The van der Waals surface area contributed by atoms with Crippen LogP contribution in [0.5, 0.6) is 0 Å². The Bertz CT molecular complexity index is 900. The molecule has 2 aromatic carbocycles. The number of rotatable bonds is 2. The molecule has 0 bridgehead atoms. The van der Waals surface area contributed by atoms with Crippen molar-refractivity contribution >= 4 is 56.4 Å². The lowest BCUT2D eigenvalue weighted by atomic mass is 10.2. The van der Waals surface area contributed by atoms with E-state index in [1.165, 1.54) is 23.1 Å². The van der Waals surface area contributed by atoms with E-state index in [0.29, 0.717) is 16.3 Å². The van der Waals surface area contributed by atoms with Gasteiger partial charge in [0.2, 0.25) is 5.91 Å². The van der Waals surface area contributed by atoms with Crippen LogP contribution in [0.2, 0.25) is 0 Å². The predicted octanol–water partition coefficient (Wildman–Crippen LogP) is 4.20. The molecule has 2 heterocycles. The summed E-state index contributed by atoms with van der Waals surface area (Å²) in [6.07, 6.45) is 0. The van der Waals surface area contributed by atoms with Crippen LogP contribution in [0, 0.1) is 0 Å². The van der Waals surface area contributed by atoms with Crippen molar-refractivity contribution in [2.75, 3.05) is 16.4 Å². The smallest absolute Gasteiger partial charge is 0.265 e. The van der Waals surface area contributed by atoms with E-state index in [1.54, 1.807) is 6.07 Å². The van der Waals surface area contributed by atoms with Crippen molar-refractivity contribution in [2.24, 2.45) is 0 Å². The summed E-state index contributed by atoms with van der Waals surface area (Å²) in [6, 6.07) is 15.4. The summed E-state index contributed by atoms with van der Waals surface area (Å²) in [5.74, 6) is 0.275. The van der Waals surface area contributed by atoms with E-state index in [9.17, 15) is 9.59 Å². The van der Waals surface area contributed by atoms with Gasteiger partial charge in [-0.1, -0.05) is 18.2 Å². The third kappa shape index (κ3) is 2.83. The molecule has 0 unspecified atom stereocenters. The van der Waals surface area contributed by atoms with Crippen LogP contribution in [0.1, 0.15) is 9.67 Å². The van der Waals surface area contributed by atoms with Gasteiger partial charge in [0.05, 0.1) is 16.3 Å². The third-order valence-electron chi connectivity index (χ3n) is 3.52. The molecular formula is C17H12N2O2S2. The quantitative estimate of drug-likeness (QED) is 0.735. The number of thiophene rings is 1. The summed E-state index contributed by atoms with van der Waals surface area (Å²) >= 11 is 2.97. The van der Waals surface area contributed by atoms with E-state index in [4.69, 9.17) is 0 Å². The Morgan fingerprint density at radius 1 is 1.13 bits per heavy atom. The fourth-order valence-corrected chi connectivity index (χ4v) is 4.19. The molecule has 2 amide bonds. The van der Waals surface area contributed by atoms with E-state index >= 15 is 0 Å². The second-order valence-electron chi connectivity index (χ2n) is 5.15. The maximum absolute atomic E-state index is 12.4. The zero-order valence-corrected chi connectivity index (χ0v) is 13.6. The van der Waals surface area contributed by atoms with Crippen molar-refractivity contribution in [2.45, 2.75) is 4.90 Å². The second-order valence-corrected chi connectivity index (χ2v) is 7.25. The van der Waals surface area contributed by atoms with Crippen LogP contribution in [-0.2, 0) is 4.79 Å². The van der Waals surface area contributed by atoms with Gasteiger partial charge in [0.15, 0.2) is 0 Å². The lowest BCUT2D eigenvalue weighted by molar-refractivity contribution is -0.113. The average Bonchev–Trinajstić information content (AvgIpc) is 2.98. The summed E-state index contributed by atoms with van der Waals surface area (Å²) in [4.78, 5) is 25.6. The number of nitrogens with one attached hydrogen (secondary N) is 2. The van der Waals surface area contributed by atoms with Crippen LogP contribution in [0.15, 0.2) is 53.4 Å². The monoisotopic (exact) mass is 340 g/mol. The van der Waals surface area contributed by atoms with Crippen molar-refractivity contribution in [3.05, 3.63) is 53.4 Å². The highest BCUT2D eigenvalue weighted by Gasteiger charge is 2.16. The molecule has 0 fully saturated rings. The maximum atomic E-state index is 12.4. The van der Waals surface area contributed by atoms with Crippen molar-refractivity contribution < 1.29 is 9.59 Å². The van der Waals surface area contributed by atoms with Gasteiger partial charge in [-0.15, -0.1) is 23.1 Å². The van der Waals surface area contributed by atoms with E-state index in [0.717, 1.165) is 20.7 Å². The Balaban J connectivity index is 1.58. The number of amides is 2. The summed E-state index contributed by atoms with van der Waals surface area (Å²) in [7, 11) is 0. The first-order chi connectivity index (χ1) is 11.2. The first kappa shape index (κ1) is 14.3. The molecule has 4 rings (SSSR count). The molecule has 0 saturated heterocycles. The minimum absolute atomic E-state index is 0.0181. The number of carbonyl (C=O) groups excluding carboxylic acids is 2. The number of fused-ring (bicyclic) bond motifs is 2. The summed E-state index contributed by atoms with van der Waals surface area (Å²) in [6.45, 7) is 0. The topological polar surface area (TPSA) is 58.2 Å². The van der Waals surface area contributed by atoms with Crippen molar-refractivity contribution in [3.8, 4) is 0 Å². The highest BCUT2D eigenvalue weighted by Crippen LogP contribution is 2.33. The van der Waals surface area contributed by atoms with Gasteiger partial charge in [-0.2, -0.15) is 0 Å². The Hall–Kier alpha value is -2.31. The molecular weight excluding hydrogens is 328 g/mol. The Morgan fingerprint density at radius 2 is 2.00 bits per heavy atom. The van der Waals surface area contributed by atoms with Crippen LogP contribution in [-0.4, -0.2) is 17.6 Å². The standard InChI is InChI=1S/C17H12N2O2S2/c20-16-9-22-14-6-5-11(8-12(14)19-16)18-17(21)15-7-10-3-1-2-4-13(10)23-15/h1-8H,9H2,(H,18,21)(H,19,20). The van der Waals surface area contributed by atoms with Crippen LogP contribution < -0.4 is 10.6 Å². The minimum Gasteiger partial charge on any atom is -0.324 e. The van der Waals surface area contributed by atoms with Gasteiger partial charge in [-0.05, 0) is 35.7 Å². The number of carbonyl (C=O) groups is 2. The molecule has 1 aromatic heterocycles. The molecule has 114 valence electrons. The maximum Gasteiger partial charge on any atom is 0.265 e. The molecule has 0 spiro atoms. The number of thioether (sulfide) groups is 1. The first-order valence-electron chi connectivity index (χ1n) is 7.06. The van der Waals surface area contributed by atoms with Crippen molar-refractivity contribution in [1.82, 2.24) is 0 Å². The molecule has 1 aliphatic rings. The summed E-state index contributed by atoms with van der Waals surface area (Å²) in [5, 5.41) is 6.79. The highest BCUT2D eigenvalue weighted by atomic mass is 32.2. The molecule has 1 aliphatic heterocycles. The number of benzene rings is 2. The molecule has 4 nitrogen and oxygen atoms in total. The van der Waals surface area contributed by atoms with E-state index in [1.807, 2.05) is 42.5 Å². The van der Waals surface area contributed by atoms with Crippen molar-refractivity contribution in [1.29, 1.82) is 0 Å². The third-order valence-corrected chi connectivity index (χ3v) is 5.71. The minimum atomic E-state index is -0.138. The normalized spacial score (nSPS) is 13.5. The van der Waals surface area contributed by atoms with Crippen molar-refractivity contribution in [3.63, 3.8) is 0 Å². The van der Waals surface area contributed by atoms with Gasteiger partial charge in [-0.3, -0.25) is 9.59 Å². The van der Waals surface area contributed by atoms with Gasteiger partial charge in [0.25, 0.3) is 5.91 Å². The molecule has 23 heavy (non-hydrogen) atoms. The van der Waals surface area contributed by atoms with Gasteiger partial charge in [0.1, 0.15) is 0 Å². The van der Waals surface area contributed by atoms with Crippen LogP contribution in [0.4, 0.5) is 11.4 Å². The number of hydrogen-bond acceptors (Lipinski definition) is 4. The zero-order chi connectivity index (χ0) is 15.8. The van der Waals surface area contributed by atoms with Gasteiger partial charge < -0.3 is 10.6 Å². The lowest BCUT2D eigenvalue weighted by Gasteiger charge is -2.17. The number of anilines is 2. The van der Waals surface area contributed by atoms with Gasteiger partial charge in [-0.25, -0.2) is 0 Å². The zero-order valence-electron chi connectivity index (χ0n) is 12.0. The molecule has 0 aliphatic carbocycles.